The molecule has 3 fully saturated rings. The van der Waals surface area contributed by atoms with E-state index in [9.17, 15) is 5.11 Å². The quantitative estimate of drug-likeness (QED) is 0.317. The topological polar surface area (TPSA) is 74.6 Å². The molecule has 1 atom stereocenters. The molecular formula is C33H38FN5O2. The molecule has 0 aliphatic carbocycles. The van der Waals surface area contributed by atoms with E-state index in [0.717, 1.165) is 60.7 Å². The molecule has 41 heavy (non-hydrogen) atoms. The van der Waals surface area contributed by atoms with Crippen LogP contribution in [0, 0.1) is 5.82 Å². The monoisotopic (exact) mass is 555 g/mol. The van der Waals surface area contributed by atoms with Crippen LogP contribution in [0.15, 0.2) is 42.6 Å². The molecule has 0 radical (unpaired) electrons. The summed E-state index contributed by atoms with van der Waals surface area (Å²) in [6, 6.07) is 12.3. The summed E-state index contributed by atoms with van der Waals surface area (Å²) in [4.78, 5) is 18.8. The van der Waals surface area contributed by atoms with Crippen molar-refractivity contribution in [2.45, 2.75) is 69.9 Å². The van der Waals surface area contributed by atoms with Gasteiger partial charge in [-0.3, -0.25) is 9.88 Å². The van der Waals surface area contributed by atoms with Crippen LogP contribution >= 0.6 is 0 Å². The van der Waals surface area contributed by atoms with E-state index in [4.69, 9.17) is 14.7 Å². The Labute approximate surface area is 240 Å². The number of rotatable bonds is 6. The predicted molar refractivity (Wildman–Crippen MR) is 160 cm³/mol. The van der Waals surface area contributed by atoms with Crippen molar-refractivity contribution in [3.63, 3.8) is 0 Å². The molecule has 3 aliphatic heterocycles. The minimum absolute atomic E-state index is 0.0226. The minimum atomic E-state index is -0.852. The number of aliphatic hydroxyl groups is 1. The van der Waals surface area contributed by atoms with E-state index in [1.54, 1.807) is 6.20 Å². The van der Waals surface area contributed by atoms with E-state index in [-0.39, 0.29) is 22.8 Å². The van der Waals surface area contributed by atoms with Crippen LogP contribution in [0.3, 0.4) is 0 Å². The molecular weight excluding hydrogens is 517 g/mol. The maximum atomic E-state index is 16.7. The highest BCUT2D eigenvalue weighted by Crippen LogP contribution is 2.40. The SMILES string of the molecule is CCc1cccc2cccc(-c3ncc4c(N5CCCC(C)(O)C5)nc(OCC56CCCN5CCC6)nc4c3F)c12. The van der Waals surface area contributed by atoms with Gasteiger partial charge in [-0.05, 0) is 81.3 Å². The third kappa shape index (κ3) is 4.61. The maximum Gasteiger partial charge on any atom is 0.319 e. The number of β-amino-alcohol motifs (C(OH)–C–C–N with tert-alkyl or cyclic N) is 1. The van der Waals surface area contributed by atoms with Crippen molar-refractivity contribution in [2.24, 2.45) is 0 Å². The van der Waals surface area contributed by atoms with E-state index in [1.165, 1.54) is 12.8 Å². The molecule has 4 aromatic rings. The van der Waals surface area contributed by atoms with E-state index in [1.807, 2.05) is 30.0 Å². The van der Waals surface area contributed by atoms with E-state index >= 15 is 4.39 Å². The van der Waals surface area contributed by atoms with Gasteiger partial charge in [0.1, 0.15) is 23.6 Å². The second-order valence-corrected chi connectivity index (χ2v) is 12.4. The maximum absolute atomic E-state index is 16.7. The highest BCUT2D eigenvalue weighted by molar-refractivity contribution is 6.00. The zero-order valence-corrected chi connectivity index (χ0v) is 24.0. The summed E-state index contributed by atoms with van der Waals surface area (Å²) in [5.74, 6) is 0.0991. The Balaban J connectivity index is 1.36. The van der Waals surface area contributed by atoms with Crippen molar-refractivity contribution < 1.29 is 14.2 Å². The number of nitrogens with zero attached hydrogens (tertiary/aromatic N) is 5. The molecule has 0 bridgehead atoms. The Kier molecular flexibility index (Phi) is 6.58. The van der Waals surface area contributed by atoms with Gasteiger partial charge in [-0.2, -0.15) is 9.97 Å². The molecule has 3 saturated heterocycles. The fraction of sp³-hybridized carbons (Fsp3) is 0.485. The second-order valence-electron chi connectivity index (χ2n) is 12.4. The number of hydrogen-bond donors (Lipinski definition) is 1. The van der Waals surface area contributed by atoms with Gasteiger partial charge in [0.15, 0.2) is 5.82 Å². The first-order chi connectivity index (χ1) is 19.9. The smallest absolute Gasteiger partial charge is 0.319 e. The summed E-state index contributed by atoms with van der Waals surface area (Å²) in [7, 11) is 0. The van der Waals surface area contributed by atoms with E-state index in [0.29, 0.717) is 37.3 Å². The lowest BCUT2D eigenvalue weighted by atomic mass is 9.94. The van der Waals surface area contributed by atoms with Crippen LogP contribution in [0.1, 0.15) is 57.9 Å². The van der Waals surface area contributed by atoms with Crippen molar-refractivity contribution in [1.82, 2.24) is 19.9 Å². The van der Waals surface area contributed by atoms with E-state index < -0.39 is 11.4 Å². The molecule has 1 unspecified atom stereocenters. The Morgan fingerprint density at radius 1 is 1.00 bits per heavy atom. The number of aromatic nitrogens is 3. The lowest BCUT2D eigenvalue weighted by Crippen LogP contribution is -2.46. The van der Waals surface area contributed by atoms with Gasteiger partial charge in [0.25, 0.3) is 0 Å². The van der Waals surface area contributed by atoms with Crippen molar-refractivity contribution in [2.75, 3.05) is 37.7 Å². The largest absolute Gasteiger partial charge is 0.461 e. The summed E-state index contributed by atoms with van der Waals surface area (Å²) < 4.78 is 23.0. The number of anilines is 1. The average Bonchev–Trinajstić information content (AvgIpc) is 3.56. The van der Waals surface area contributed by atoms with Crippen LogP contribution in [-0.4, -0.2) is 68.9 Å². The number of fused-ring (bicyclic) bond motifs is 3. The molecule has 214 valence electrons. The van der Waals surface area contributed by atoms with Crippen molar-refractivity contribution in [3.05, 3.63) is 54.0 Å². The molecule has 7 rings (SSSR count). The summed E-state index contributed by atoms with van der Waals surface area (Å²) in [6.07, 6.45) is 8.61. The van der Waals surface area contributed by atoms with Gasteiger partial charge >= 0.3 is 6.01 Å². The number of benzene rings is 2. The minimum Gasteiger partial charge on any atom is -0.461 e. The van der Waals surface area contributed by atoms with Crippen molar-refractivity contribution >= 4 is 27.5 Å². The highest BCUT2D eigenvalue weighted by atomic mass is 19.1. The van der Waals surface area contributed by atoms with Gasteiger partial charge in [-0.15, -0.1) is 0 Å². The van der Waals surface area contributed by atoms with Gasteiger partial charge in [-0.1, -0.05) is 43.3 Å². The Bertz CT molecular complexity index is 1610. The zero-order valence-electron chi connectivity index (χ0n) is 24.0. The Morgan fingerprint density at radius 3 is 2.51 bits per heavy atom. The molecule has 0 amide bonds. The fourth-order valence-electron chi connectivity index (χ4n) is 7.49. The molecule has 2 aromatic heterocycles. The summed E-state index contributed by atoms with van der Waals surface area (Å²) in [5.41, 5.74) is 1.57. The Morgan fingerprint density at radius 2 is 1.76 bits per heavy atom. The van der Waals surface area contributed by atoms with Crippen molar-refractivity contribution in [1.29, 1.82) is 0 Å². The second kappa shape index (κ2) is 10.2. The summed E-state index contributed by atoms with van der Waals surface area (Å²) in [6.45, 7) is 7.78. The summed E-state index contributed by atoms with van der Waals surface area (Å²) >= 11 is 0. The average molecular weight is 556 g/mol. The van der Waals surface area contributed by atoms with Crippen LogP contribution in [0.4, 0.5) is 10.2 Å². The number of ether oxygens (including phenoxy) is 1. The van der Waals surface area contributed by atoms with Crippen LogP contribution in [0.25, 0.3) is 32.9 Å². The number of aryl methyl sites for hydroxylation is 1. The third-order valence-corrected chi connectivity index (χ3v) is 9.53. The molecule has 8 heteroatoms. The van der Waals surface area contributed by atoms with Crippen LogP contribution < -0.4 is 9.64 Å². The molecule has 0 saturated carbocycles. The van der Waals surface area contributed by atoms with Crippen LogP contribution in [0.2, 0.25) is 0 Å². The van der Waals surface area contributed by atoms with Gasteiger partial charge in [0.05, 0.1) is 16.5 Å². The van der Waals surface area contributed by atoms with Gasteiger partial charge in [-0.25, -0.2) is 4.39 Å². The molecule has 3 aliphatic rings. The third-order valence-electron chi connectivity index (χ3n) is 9.53. The zero-order chi connectivity index (χ0) is 28.2. The normalized spacial score (nSPS) is 22.5. The lowest BCUT2D eigenvalue weighted by Gasteiger charge is -2.38. The molecule has 5 heterocycles. The van der Waals surface area contributed by atoms with E-state index in [2.05, 4.69) is 35.0 Å². The predicted octanol–water partition coefficient (Wildman–Crippen LogP) is 5.90. The number of pyridine rings is 1. The van der Waals surface area contributed by atoms with Crippen LogP contribution in [-0.2, 0) is 6.42 Å². The highest BCUT2D eigenvalue weighted by Gasteiger charge is 2.45. The fourth-order valence-corrected chi connectivity index (χ4v) is 7.49. The van der Waals surface area contributed by atoms with Gasteiger partial charge in [0.2, 0.25) is 0 Å². The number of halogens is 1. The molecule has 1 N–H and O–H groups in total. The Hall–Kier alpha value is -3.36. The first-order valence-corrected chi connectivity index (χ1v) is 15.1. The van der Waals surface area contributed by atoms with Gasteiger partial charge in [0, 0.05) is 24.8 Å². The van der Waals surface area contributed by atoms with Gasteiger partial charge < -0.3 is 14.7 Å². The standard InChI is InChI=1S/C33H38FN5O2/c1-3-22-9-4-10-23-11-5-12-24(26(22)23)28-27(34)29-25(19-35-28)30(38-16-6-13-32(2,40)20-38)37-31(36-29)41-21-33-14-7-17-39(33)18-8-15-33/h4-5,9-12,19,40H,3,6-8,13-18,20-21H2,1-2H3. The first kappa shape index (κ1) is 26.5. The van der Waals surface area contributed by atoms with Crippen LogP contribution in [0.5, 0.6) is 6.01 Å². The van der Waals surface area contributed by atoms with Crippen molar-refractivity contribution in [3.8, 4) is 17.3 Å². The molecule has 2 aromatic carbocycles. The molecule has 7 nitrogen and oxygen atoms in total. The number of hydrogen-bond acceptors (Lipinski definition) is 7. The number of piperidine rings is 1. The molecule has 0 spiro atoms. The first-order valence-electron chi connectivity index (χ1n) is 15.1. The summed E-state index contributed by atoms with van der Waals surface area (Å²) in [5, 5.41) is 13.5. The lowest BCUT2D eigenvalue weighted by molar-refractivity contribution is 0.0447.